The summed E-state index contributed by atoms with van der Waals surface area (Å²) in [6, 6.07) is 67.7. The third-order valence-electron chi connectivity index (χ3n) is 13.8. The smallest absolute Gasteiger partial charge is 0.236 e. The van der Waals surface area contributed by atoms with Crippen LogP contribution in [0.3, 0.4) is 0 Å². The maximum atomic E-state index is 7.66. The van der Waals surface area contributed by atoms with Crippen molar-refractivity contribution in [2.75, 3.05) is 0 Å². The van der Waals surface area contributed by atoms with Crippen LogP contribution in [0.15, 0.2) is 226 Å². The standard InChI is InChI=1S/C58H32Cl2N2O2/c59-51(55-61-53(49-41-25-5-1-17-33(41)34-18-2-6-26-42(34)49)57(63-55)45-29-13-9-21-37(45)38-22-10-14-30-46(38)57)52(60)56-62-54(50-43-27-7-3-19-35(43)36-20-4-8-28-44(36)50)58(64-56)47-31-15-11-23-39(47)40-24-12-16-32-48(40)58/h1-32H/b52-51+. The van der Waals surface area contributed by atoms with Crippen LogP contribution in [0.4, 0.5) is 0 Å². The van der Waals surface area contributed by atoms with E-state index in [2.05, 4.69) is 194 Å². The van der Waals surface area contributed by atoms with E-state index < -0.39 is 11.2 Å². The van der Waals surface area contributed by atoms with Crippen LogP contribution in [0.5, 0.6) is 0 Å². The van der Waals surface area contributed by atoms with Crippen LogP contribution in [-0.2, 0) is 20.7 Å². The highest BCUT2D eigenvalue weighted by molar-refractivity contribution is 6.54. The van der Waals surface area contributed by atoms with E-state index in [9.17, 15) is 0 Å². The van der Waals surface area contributed by atoms with Gasteiger partial charge in [0.05, 0.1) is 0 Å². The first-order valence-electron chi connectivity index (χ1n) is 21.5. The van der Waals surface area contributed by atoms with E-state index in [0.717, 1.165) is 112 Å². The lowest BCUT2D eigenvalue weighted by Crippen LogP contribution is -2.30. The maximum Gasteiger partial charge on any atom is 0.236 e. The third kappa shape index (κ3) is 4.48. The molecule has 2 spiro atoms. The molecule has 64 heavy (non-hydrogen) atoms. The summed E-state index contributed by atoms with van der Waals surface area (Å²) in [6.45, 7) is 0. The number of hydrogen-bond acceptors (Lipinski definition) is 4. The minimum absolute atomic E-state index is 0.102. The molecule has 14 rings (SSSR count). The summed E-state index contributed by atoms with van der Waals surface area (Å²) in [4.78, 5) is 11.0. The number of benzene rings is 8. The molecule has 8 aromatic carbocycles. The molecule has 0 saturated heterocycles. The van der Waals surface area contributed by atoms with Gasteiger partial charge in [-0.1, -0.05) is 217 Å². The molecule has 8 aromatic rings. The summed E-state index contributed by atoms with van der Waals surface area (Å²) in [6.07, 6.45) is 0. The topological polar surface area (TPSA) is 43.2 Å². The molecule has 0 atom stereocenters. The number of ether oxygens (including phenoxy) is 2. The van der Waals surface area contributed by atoms with Gasteiger partial charge in [-0.3, -0.25) is 0 Å². The Bertz CT molecular complexity index is 3190. The van der Waals surface area contributed by atoms with Gasteiger partial charge in [-0.2, -0.15) is 0 Å². The van der Waals surface area contributed by atoms with E-state index in [4.69, 9.17) is 42.7 Å². The number of aliphatic imine (C=N–C) groups is 2. The quantitative estimate of drug-likeness (QED) is 0.174. The molecule has 4 nitrogen and oxygen atoms in total. The predicted molar refractivity (Wildman–Crippen MR) is 257 cm³/mol. The van der Waals surface area contributed by atoms with Gasteiger partial charge < -0.3 is 9.47 Å². The summed E-state index contributed by atoms with van der Waals surface area (Å²) in [5.74, 6) is 0.375. The van der Waals surface area contributed by atoms with Crippen molar-refractivity contribution >= 4 is 46.1 Å². The Morgan fingerprint density at radius 2 is 0.516 bits per heavy atom. The van der Waals surface area contributed by atoms with Gasteiger partial charge in [0.2, 0.25) is 23.0 Å². The number of rotatable bonds is 2. The minimum Gasteiger partial charge on any atom is -0.453 e. The molecule has 0 radical (unpaired) electrons. The SMILES string of the molecule is Cl/C(C1=NC(=C2c3ccccc3-c3ccccc32)C2(O1)c1ccccc1-c1ccccc12)=C(/Cl)C1=NC(=C2c3ccccc3-c3ccccc32)C2(O1)c1ccccc1-c1ccccc12. The first kappa shape index (κ1) is 36.0. The molecular weight excluding hydrogens is 828 g/mol. The second-order valence-corrected chi connectivity index (χ2v) is 17.6. The lowest BCUT2D eigenvalue weighted by Gasteiger charge is -2.29. The molecule has 6 aliphatic rings. The summed E-state index contributed by atoms with van der Waals surface area (Å²) in [5.41, 5.74) is 18.3. The highest BCUT2D eigenvalue weighted by Gasteiger charge is 2.57. The molecule has 0 aromatic heterocycles. The second-order valence-electron chi connectivity index (χ2n) is 16.8. The summed E-state index contributed by atoms with van der Waals surface area (Å²) in [7, 11) is 0. The van der Waals surface area contributed by atoms with Gasteiger partial charge in [0.1, 0.15) is 21.5 Å². The monoisotopic (exact) mass is 858 g/mol. The first-order valence-corrected chi connectivity index (χ1v) is 22.2. The van der Waals surface area contributed by atoms with Crippen LogP contribution in [0.2, 0.25) is 0 Å². The summed E-state index contributed by atoms with van der Waals surface area (Å²) >= 11 is 15.3. The maximum absolute atomic E-state index is 7.66. The average Bonchev–Trinajstić information content (AvgIpc) is 4.20. The zero-order valence-electron chi connectivity index (χ0n) is 33.9. The van der Waals surface area contributed by atoms with Crippen LogP contribution >= 0.6 is 23.2 Å². The van der Waals surface area contributed by atoms with Crippen molar-refractivity contribution in [2.45, 2.75) is 11.2 Å². The fraction of sp³-hybridized carbons (Fsp3) is 0.0345. The Hall–Kier alpha value is -7.50. The van der Waals surface area contributed by atoms with Gasteiger partial charge in [-0.25, -0.2) is 9.98 Å². The lowest BCUT2D eigenvalue weighted by molar-refractivity contribution is 0.161. The Balaban J connectivity index is 1.03. The average molecular weight is 860 g/mol. The van der Waals surface area contributed by atoms with Gasteiger partial charge in [-0.15, -0.1) is 0 Å². The van der Waals surface area contributed by atoms with Crippen LogP contribution in [0, 0.1) is 0 Å². The Morgan fingerprint density at radius 3 is 0.781 bits per heavy atom. The number of nitrogens with zero attached hydrogens (tertiary/aromatic N) is 2. The van der Waals surface area contributed by atoms with Gasteiger partial charge in [0.25, 0.3) is 0 Å². The molecule has 0 unspecified atom stereocenters. The Morgan fingerprint density at radius 1 is 0.297 bits per heavy atom. The van der Waals surface area contributed by atoms with E-state index in [0.29, 0.717) is 0 Å². The van der Waals surface area contributed by atoms with E-state index in [-0.39, 0.29) is 21.9 Å². The van der Waals surface area contributed by atoms with Crippen molar-refractivity contribution in [1.82, 2.24) is 0 Å². The van der Waals surface area contributed by atoms with Crippen molar-refractivity contribution in [3.05, 3.63) is 260 Å². The van der Waals surface area contributed by atoms with Crippen molar-refractivity contribution in [3.8, 4) is 44.5 Å². The molecule has 0 fully saturated rings. The van der Waals surface area contributed by atoms with Gasteiger partial charge in [0.15, 0.2) is 0 Å². The molecule has 0 bridgehead atoms. The Labute approximate surface area is 379 Å². The number of halogens is 2. The van der Waals surface area contributed by atoms with Gasteiger partial charge in [0, 0.05) is 33.4 Å². The van der Waals surface area contributed by atoms with E-state index >= 15 is 0 Å². The van der Waals surface area contributed by atoms with Gasteiger partial charge >= 0.3 is 0 Å². The van der Waals surface area contributed by atoms with Crippen molar-refractivity contribution in [2.24, 2.45) is 9.98 Å². The summed E-state index contributed by atoms with van der Waals surface area (Å²) < 4.78 is 14.8. The zero-order valence-corrected chi connectivity index (χ0v) is 35.5. The van der Waals surface area contributed by atoms with Crippen molar-refractivity contribution in [3.63, 3.8) is 0 Å². The predicted octanol–water partition coefficient (Wildman–Crippen LogP) is 14.3. The second kappa shape index (κ2) is 13.0. The van der Waals surface area contributed by atoms with Crippen LogP contribution < -0.4 is 0 Å². The molecule has 0 saturated carbocycles. The van der Waals surface area contributed by atoms with Crippen LogP contribution in [0.1, 0.15) is 44.5 Å². The highest BCUT2D eigenvalue weighted by Crippen LogP contribution is 2.63. The highest BCUT2D eigenvalue weighted by atomic mass is 35.5. The van der Waals surface area contributed by atoms with Crippen molar-refractivity contribution < 1.29 is 9.47 Å². The third-order valence-corrected chi connectivity index (χ3v) is 14.6. The molecule has 0 N–H and O–H groups in total. The molecule has 6 heteroatoms. The van der Waals surface area contributed by atoms with Crippen LogP contribution in [-0.4, -0.2) is 11.8 Å². The van der Waals surface area contributed by atoms with E-state index in [1.54, 1.807) is 0 Å². The molecule has 2 heterocycles. The normalized spacial score (nSPS) is 17.1. The molecule has 2 aliphatic heterocycles. The number of hydrogen-bond donors (Lipinski definition) is 0. The minimum atomic E-state index is -1.15. The Kier molecular flexibility index (Phi) is 7.33. The summed E-state index contributed by atoms with van der Waals surface area (Å²) in [5, 5.41) is 0.204. The van der Waals surface area contributed by atoms with E-state index in [1.807, 2.05) is 0 Å². The fourth-order valence-electron chi connectivity index (χ4n) is 11.3. The zero-order chi connectivity index (χ0) is 42.3. The van der Waals surface area contributed by atoms with Crippen LogP contribution in [0.25, 0.3) is 55.7 Å². The van der Waals surface area contributed by atoms with Crippen molar-refractivity contribution in [1.29, 1.82) is 0 Å². The van der Waals surface area contributed by atoms with Gasteiger partial charge in [-0.05, 0) is 66.8 Å². The number of fused-ring (bicyclic) bond motifs is 16. The largest absolute Gasteiger partial charge is 0.453 e. The molecule has 0 amide bonds. The lowest BCUT2D eigenvalue weighted by atomic mass is 9.84. The first-order chi connectivity index (χ1) is 31.6. The molecular formula is C58H32Cl2N2O2. The fourth-order valence-corrected chi connectivity index (χ4v) is 11.6. The van der Waals surface area contributed by atoms with E-state index in [1.165, 1.54) is 0 Å². The molecule has 300 valence electrons. The molecule has 4 aliphatic carbocycles.